The molecule has 0 saturated carbocycles. The summed E-state index contributed by atoms with van der Waals surface area (Å²) in [6, 6.07) is 18.4. The SMILES string of the molecule is [2H]c1c([2H])c([2H])c2c([2H])c(-c3c4c([2H])c([2H])c([2H])c([2H])c4c(-c4ccc5ccccc5c4-c4cccc5oc6ccc7ccccc7c6c45)c4c([2H])c([2H])c([2H])c([2H])c34)c([2H])c([2H])c2c1[2H]. The molecule has 0 bridgehead atoms. The second kappa shape index (κ2) is 10.9. The molecule has 10 aromatic carbocycles. The Morgan fingerprint density at radius 1 is 0.353 bits per heavy atom. The van der Waals surface area contributed by atoms with Gasteiger partial charge in [-0.05, 0) is 105 Å². The molecular weight excluding hydrogens is 617 g/mol. The maximum atomic E-state index is 9.68. The minimum Gasteiger partial charge on any atom is -0.456 e. The number of benzene rings is 10. The molecule has 1 heteroatoms. The Labute approximate surface area is 315 Å². The molecule has 1 aromatic heterocycles. The summed E-state index contributed by atoms with van der Waals surface area (Å²) in [5.74, 6) is 0. The zero-order chi connectivity index (χ0) is 46.5. The van der Waals surface area contributed by atoms with Crippen LogP contribution < -0.4 is 0 Å². The van der Waals surface area contributed by atoms with Crippen LogP contribution >= 0.6 is 0 Å². The standard InChI is InChI=1S/C50H30O/c1-2-15-34-30-35(25-24-31(34)12-1)46-38-18-7-9-20-40(38)48(41-21-10-8-19-39(41)46)43-28-26-32-13-3-5-16-36(32)47(43)42-22-11-23-44-50(42)49-37-17-6-4-14-33(37)27-29-45(49)51-44/h1-30H/i1D,2D,7D,8D,9D,10D,12D,15D,18D,19D,20D,21D,24D,25D,30D. The van der Waals surface area contributed by atoms with Crippen LogP contribution in [-0.2, 0) is 0 Å². The van der Waals surface area contributed by atoms with Crippen LogP contribution in [0.4, 0.5) is 0 Å². The molecule has 11 rings (SSSR count). The van der Waals surface area contributed by atoms with Crippen molar-refractivity contribution < 1.29 is 25.0 Å². The van der Waals surface area contributed by atoms with Crippen molar-refractivity contribution in [3.63, 3.8) is 0 Å². The fraction of sp³-hybridized carbons (Fsp3) is 0. The van der Waals surface area contributed by atoms with Crippen molar-refractivity contribution in [2.45, 2.75) is 0 Å². The number of fused-ring (bicyclic) bond motifs is 9. The largest absolute Gasteiger partial charge is 0.456 e. The number of hydrogen-bond donors (Lipinski definition) is 0. The van der Waals surface area contributed by atoms with Crippen LogP contribution in [0.25, 0.3) is 109 Å². The third-order valence-corrected chi connectivity index (χ3v) is 9.73. The van der Waals surface area contributed by atoms with E-state index in [4.69, 9.17) is 16.8 Å². The first-order chi connectivity index (χ1) is 31.6. The molecule has 1 heterocycles. The predicted molar refractivity (Wildman–Crippen MR) is 218 cm³/mol. The average molecular weight is 662 g/mol. The molecule has 0 spiro atoms. The first-order valence-corrected chi connectivity index (χ1v) is 16.4. The van der Waals surface area contributed by atoms with Crippen molar-refractivity contribution in [2.24, 2.45) is 0 Å². The van der Waals surface area contributed by atoms with Gasteiger partial charge >= 0.3 is 0 Å². The van der Waals surface area contributed by atoms with E-state index < -0.39 is 107 Å². The molecule has 0 aliphatic rings. The van der Waals surface area contributed by atoms with Crippen molar-refractivity contribution in [1.29, 1.82) is 0 Å². The second-order valence-corrected chi connectivity index (χ2v) is 12.4. The third-order valence-electron chi connectivity index (χ3n) is 9.73. The highest BCUT2D eigenvalue weighted by atomic mass is 16.3. The van der Waals surface area contributed by atoms with E-state index in [1.54, 1.807) is 6.07 Å². The van der Waals surface area contributed by atoms with Gasteiger partial charge in [0, 0.05) is 10.8 Å². The summed E-state index contributed by atoms with van der Waals surface area (Å²) in [7, 11) is 0. The van der Waals surface area contributed by atoms with Crippen molar-refractivity contribution in [3.05, 3.63) is 182 Å². The Morgan fingerprint density at radius 2 is 0.961 bits per heavy atom. The van der Waals surface area contributed by atoms with Gasteiger partial charge in [-0.15, -0.1) is 0 Å². The minimum atomic E-state index is -0.746. The van der Waals surface area contributed by atoms with E-state index in [0.29, 0.717) is 33.2 Å². The molecule has 236 valence electrons. The molecule has 11 aromatic rings. The molecule has 0 fully saturated rings. The quantitative estimate of drug-likeness (QED) is 0.172. The van der Waals surface area contributed by atoms with Crippen LogP contribution in [0.2, 0.25) is 0 Å². The molecule has 0 amide bonds. The zero-order valence-corrected chi connectivity index (χ0v) is 26.6. The second-order valence-electron chi connectivity index (χ2n) is 12.4. The summed E-state index contributed by atoms with van der Waals surface area (Å²) in [5, 5.41) is 3.06. The lowest BCUT2D eigenvalue weighted by Crippen LogP contribution is -1.94. The topological polar surface area (TPSA) is 13.1 Å². The van der Waals surface area contributed by atoms with Crippen molar-refractivity contribution in [2.75, 3.05) is 0 Å². The molecule has 1 nitrogen and oxygen atoms in total. The van der Waals surface area contributed by atoms with E-state index in [1.165, 1.54) is 0 Å². The zero-order valence-electron chi connectivity index (χ0n) is 41.6. The van der Waals surface area contributed by atoms with Crippen molar-refractivity contribution in [3.8, 4) is 33.4 Å². The van der Waals surface area contributed by atoms with Gasteiger partial charge < -0.3 is 4.42 Å². The third kappa shape index (κ3) is 4.16. The number of furan rings is 1. The summed E-state index contributed by atoms with van der Waals surface area (Å²) in [4.78, 5) is 0. The normalized spacial score (nSPS) is 16.0. The highest BCUT2D eigenvalue weighted by Crippen LogP contribution is 2.50. The monoisotopic (exact) mass is 661 g/mol. The van der Waals surface area contributed by atoms with Crippen LogP contribution in [0.5, 0.6) is 0 Å². The average Bonchev–Trinajstić information content (AvgIpc) is 3.72. The van der Waals surface area contributed by atoms with Crippen LogP contribution in [-0.4, -0.2) is 0 Å². The van der Waals surface area contributed by atoms with Gasteiger partial charge in [0.15, 0.2) is 0 Å². The van der Waals surface area contributed by atoms with Crippen LogP contribution in [0, 0.1) is 0 Å². The Kier molecular flexibility index (Phi) is 3.70. The van der Waals surface area contributed by atoms with Gasteiger partial charge in [0.2, 0.25) is 0 Å². The first-order valence-electron chi connectivity index (χ1n) is 23.9. The Bertz CT molecular complexity index is 3980. The van der Waals surface area contributed by atoms with E-state index in [2.05, 4.69) is 0 Å². The number of hydrogen-bond acceptors (Lipinski definition) is 1. The highest BCUT2D eigenvalue weighted by Gasteiger charge is 2.23. The summed E-state index contributed by atoms with van der Waals surface area (Å²) in [5.41, 5.74) is 1.86. The van der Waals surface area contributed by atoms with Crippen LogP contribution in [0.3, 0.4) is 0 Å². The predicted octanol–water partition coefficient (Wildman–Crippen LogP) is 14.4. The van der Waals surface area contributed by atoms with E-state index in [1.807, 2.05) is 84.9 Å². The van der Waals surface area contributed by atoms with Crippen molar-refractivity contribution in [1.82, 2.24) is 0 Å². The van der Waals surface area contributed by atoms with Crippen molar-refractivity contribution >= 4 is 75.8 Å². The van der Waals surface area contributed by atoms with E-state index in [9.17, 15) is 8.22 Å². The molecule has 0 radical (unpaired) electrons. The van der Waals surface area contributed by atoms with E-state index in [-0.39, 0.29) is 32.7 Å². The number of rotatable bonds is 3. The molecule has 0 unspecified atom stereocenters. The van der Waals surface area contributed by atoms with Gasteiger partial charge in [0.05, 0.1) is 20.6 Å². The molecule has 0 N–H and O–H groups in total. The van der Waals surface area contributed by atoms with E-state index >= 15 is 0 Å². The van der Waals surface area contributed by atoms with Gasteiger partial charge in [-0.2, -0.15) is 0 Å². The van der Waals surface area contributed by atoms with Gasteiger partial charge in [-0.1, -0.05) is 163 Å². The van der Waals surface area contributed by atoms with Gasteiger partial charge in [0.25, 0.3) is 0 Å². The van der Waals surface area contributed by atoms with Crippen LogP contribution in [0.15, 0.2) is 186 Å². The summed E-state index contributed by atoms with van der Waals surface area (Å²) in [6.07, 6.45) is 0. The van der Waals surface area contributed by atoms with Gasteiger partial charge in [-0.3, -0.25) is 0 Å². The maximum absolute atomic E-state index is 9.68. The molecule has 0 aliphatic heterocycles. The fourth-order valence-electron chi connectivity index (χ4n) is 7.62. The van der Waals surface area contributed by atoms with E-state index in [0.717, 1.165) is 26.9 Å². The minimum absolute atomic E-state index is 0.0185. The molecule has 0 aliphatic carbocycles. The highest BCUT2D eigenvalue weighted by molar-refractivity contribution is 6.28. The first kappa shape index (κ1) is 17.3. The maximum Gasteiger partial charge on any atom is 0.136 e. The summed E-state index contributed by atoms with van der Waals surface area (Å²) in [6.45, 7) is 0. The van der Waals surface area contributed by atoms with Gasteiger partial charge in [-0.25, -0.2) is 0 Å². The lowest BCUT2D eigenvalue weighted by Gasteiger charge is -2.21. The van der Waals surface area contributed by atoms with Crippen LogP contribution in [0.1, 0.15) is 20.6 Å². The molecule has 0 atom stereocenters. The summed E-state index contributed by atoms with van der Waals surface area (Å²) >= 11 is 0. The molecule has 51 heavy (non-hydrogen) atoms. The smallest absolute Gasteiger partial charge is 0.136 e. The Morgan fingerprint density at radius 3 is 1.73 bits per heavy atom. The molecule has 0 saturated heterocycles. The Hall–Kier alpha value is -6.70. The lowest BCUT2D eigenvalue weighted by atomic mass is 9.81. The molecular formula is C50H30O. The fourth-order valence-corrected chi connectivity index (χ4v) is 7.62. The van der Waals surface area contributed by atoms with Gasteiger partial charge in [0.1, 0.15) is 11.2 Å². The lowest BCUT2D eigenvalue weighted by molar-refractivity contribution is 0.669. The Balaban J connectivity index is 1.43. The summed E-state index contributed by atoms with van der Waals surface area (Å²) < 4.78 is 144.